The molecule has 0 bridgehead atoms. The van der Waals surface area contributed by atoms with Gasteiger partial charge >= 0.3 is 0 Å². The Balaban J connectivity index is 4.09. The van der Waals surface area contributed by atoms with Gasteiger partial charge in [0.05, 0.1) is 0 Å². The number of hydrogen-bond donors (Lipinski definition) is 1. The molecule has 0 aliphatic heterocycles. The Morgan fingerprint density at radius 1 is 1.05 bits per heavy atom. The minimum absolute atomic E-state index is 0.0475. The lowest BCUT2D eigenvalue weighted by molar-refractivity contribution is -0.117. The van der Waals surface area contributed by atoms with Gasteiger partial charge in [-0.25, -0.2) is 0 Å². The number of carbonyl (C=O) groups is 1. The maximum Gasteiger partial charge on any atom is 0.243 e. The van der Waals surface area contributed by atoms with Gasteiger partial charge in [0, 0.05) is 6.54 Å². The van der Waals surface area contributed by atoms with E-state index in [0.29, 0.717) is 0 Å². The second-order valence-corrected chi connectivity index (χ2v) is 6.00. The Hall–Kier alpha value is -0.790. The average molecular weight is 267 g/mol. The van der Waals surface area contributed by atoms with E-state index in [-0.39, 0.29) is 11.3 Å². The molecule has 0 radical (unpaired) electrons. The summed E-state index contributed by atoms with van der Waals surface area (Å²) in [7, 11) is 0. The second kappa shape index (κ2) is 11.1. The van der Waals surface area contributed by atoms with Crippen molar-refractivity contribution in [2.45, 2.75) is 78.6 Å². The topological polar surface area (TPSA) is 29.1 Å². The molecule has 1 N–H and O–H groups in total. The molecule has 0 aromatic rings. The summed E-state index contributed by atoms with van der Waals surface area (Å²) >= 11 is 0. The first-order valence-electron chi connectivity index (χ1n) is 7.98. The molecule has 1 amide bonds. The van der Waals surface area contributed by atoms with Crippen molar-refractivity contribution in [3.63, 3.8) is 0 Å². The number of amides is 1. The van der Waals surface area contributed by atoms with Crippen molar-refractivity contribution in [2.24, 2.45) is 5.41 Å². The number of rotatable bonds is 12. The van der Waals surface area contributed by atoms with Crippen LogP contribution in [-0.2, 0) is 4.79 Å². The van der Waals surface area contributed by atoms with Gasteiger partial charge in [0.2, 0.25) is 5.91 Å². The quantitative estimate of drug-likeness (QED) is 0.397. The molecule has 0 aliphatic carbocycles. The number of nitrogens with one attached hydrogen (secondary N) is 1. The molecule has 0 aromatic heterocycles. The van der Waals surface area contributed by atoms with Gasteiger partial charge in [-0.05, 0) is 24.3 Å². The minimum Gasteiger partial charge on any atom is -0.352 e. The molecule has 1 unspecified atom stereocenters. The lowest BCUT2D eigenvalue weighted by Crippen LogP contribution is -2.35. The van der Waals surface area contributed by atoms with Crippen molar-refractivity contribution in [3.05, 3.63) is 12.7 Å². The highest BCUT2D eigenvalue weighted by Gasteiger charge is 2.23. The van der Waals surface area contributed by atoms with Gasteiger partial charge in [-0.2, -0.15) is 0 Å². The number of unbranched alkanes of at least 4 members (excludes halogenated alkanes) is 5. The van der Waals surface area contributed by atoms with Crippen molar-refractivity contribution < 1.29 is 4.79 Å². The van der Waals surface area contributed by atoms with E-state index in [2.05, 4.69) is 32.7 Å². The van der Waals surface area contributed by atoms with Crippen LogP contribution in [0.5, 0.6) is 0 Å². The van der Waals surface area contributed by atoms with Crippen molar-refractivity contribution >= 4 is 5.91 Å². The summed E-state index contributed by atoms with van der Waals surface area (Å²) in [6.45, 7) is 11.1. The normalized spacial score (nSPS) is 13.8. The van der Waals surface area contributed by atoms with Gasteiger partial charge in [0.25, 0.3) is 0 Å². The van der Waals surface area contributed by atoms with Gasteiger partial charge in [0.15, 0.2) is 0 Å². The van der Waals surface area contributed by atoms with E-state index in [4.69, 9.17) is 0 Å². The van der Waals surface area contributed by atoms with Crippen LogP contribution in [0.1, 0.15) is 78.6 Å². The standard InChI is InChI=1S/C17H33NO/c1-5-8-10-11-12-14-17(4,13-9-6-2)15-18-16(19)7-3/h7H,3,5-6,8-15H2,1-2,4H3,(H,18,19). The van der Waals surface area contributed by atoms with Crippen LogP contribution < -0.4 is 5.32 Å². The van der Waals surface area contributed by atoms with Gasteiger partial charge in [-0.3, -0.25) is 4.79 Å². The van der Waals surface area contributed by atoms with Crippen LogP contribution in [0.3, 0.4) is 0 Å². The van der Waals surface area contributed by atoms with Gasteiger partial charge in [0.1, 0.15) is 0 Å². The molecule has 19 heavy (non-hydrogen) atoms. The van der Waals surface area contributed by atoms with E-state index in [1.807, 2.05) is 0 Å². The van der Waals surface area contributed by atoms with Crippen molar-refractivity contribution in [2.75, 3.05) is 6.54 Å². The highest BCUT2D eigenvalue weighted by molar-refractivity contribution is 5.86. The molecule has 0 saturated carbocycles. The van der Waals surface area contributed by atoms with Crippen LogP contribution in [0.4, 0.5) is 0 Å². The van der Waals surface area contributed by atoms with Crippen molar-refractivity contribution in [1.82, 2.24) is 5.32 Å². The van der Waals surface area contributed by atoms with E-state index >= 15 is 0 Å². The summed E-state index contributed by atoms with van der Waals surface area (Å²) in [6, 6.07) is 0. The van der Waals surface area contributed by atoms with Crippen LogP contribution in [0, 0.1) is 5.41 Å². The van der Waals surface area contributed by atoms with E-state index < -0.39 is 0 Å². The monoisotopic (exact) mass is 267 g/mol. The predicted molar refractivity (Wildman–Crippen MR) is 84.2 cm³/mol. The lowest BCUT2D eigenvalue weighted by Gasteiger charge is -2.30. The fraction of sp³-hybridized carbons (Fsp3) is 0.824. The third kappa shape index (κ3) is 9.75. The van der Waals surface area contributed by atoms with Gasteiger partial charge < -0.3 is 5.32 Å². The summed E-state index contributed by atoms with van der Waals surface area (Å²) in [5.41, 5.74) is 0.251. The first kappa shape index (κ1) is 18.2. The van der Waals surface area contributed by atoms with Crippen LogP contribution in [0.25, 0.3) is 0 Å². The smallest absolute Gasteiger partial charge is 0.243 e. The molecule has 0 rings (SSSR count). The fourth-order valence-electron chi connectivity index (χ4n) is 2.43. The summed E-state index contributed by atoms with van der Waals surface area (Å²) in [4.78, 5) is 11.3. The first-order valence-corrected chi connectivity index (χ1v) is 7.98. The SMILES string of the molecule is C=CC(=O)NCC(C)(CCCC)CCCCCCC. The average Bonchev–Trinajstić information content (AvgIpc) is 2.42. The zero-order valence-electron chi connectivity index (χ0n) is 13.3. The molecular weight excluding hydrogens is 234 g/mol. The van der Waals surface area contributed by atoms with E-state index in [1.54, 1.807) is 0 Å². The van der Waals surface area contributed by atoms with Crippen LogP contribution in [-0.4, -0.2) is 12.5 Å². The summed E-state index contributed by atoms with van der Waals surface area (Å²) in [5, 5.41) is 2.98. The van der Waals surface area contributed by atoms with Crippen molar-refractivity contribution in [3.8, 4) is 0 Å². The zero-order valence-corrected chi connectivity index (χ0v) is 13.3. The lowest BCUT2D eigenvalue weighted by atomic mass is 9.80. The molecule has 2 nitrogen and oxygen atoms in total. The molecular formula is C17H33NO. The van der Waals surface area contributed by atoms with Gasteiger partial charge in [-0.15, -0.1) is 0 Å². The molecule has 112 valence electrons. The summed E-state index contributed by atoms with van der Waals surface area (Å²) in [5.74, 6) is -0.0475. The second-order valence-electron chi connectivity index (χ2n) is 6.00. The highest BCUT2D eigenvalue weighted by atomic mass is 16.1. The highest BCUT2D eigenvalue weighted by Crippen LogP contribution is 2.30. The molecule has 0 fully saturated rings. The van der Waals surface area contributed by atoms with E-state index in [1.165, 1.54) is 63.9 Å². The zero-order chi connectivity index (χ0) is 14.6. The first-order chi connectivity index (χ1) is 9.08. The molecule has 0 aliphatic rings. The maximum atomic E-state index is 11.3. The molecule has 0 spiro atoms. The largest absolute Gasteiger partial charge is 0.352 e. The third-order valence-corrected chi connectivity index (χ3v) is 3.89. The predicted octanol–water partition coefficient (Wildman–Crippen LogP) is 4.85. The summed E-state index contributed by atoms with van der Waals surface area (Å²) < 4.78 is 0. The van der Waals surface area contributed by atoms with Crippen molar-refractivity contribution in [1.29, 1.82) is 0 Å². The Morgan fingerprint density at radius 2 is 1.63 bits per heavy atom. The van der Waals surface area contributed by atoms with Crippen LogP contribution in [0.2, 0.25) is 0 Å². The number of carbonyl (C=O) groups excluding carboxylic acids is 1. The Labute approximate surface area is 120 Å². The fourth-order valence-corrected chi connectivity index (χ4v) is 2.43. The van der Waals surface area contributed by atoms with E-state index in [0.717, 1.165) is 6.54 Å². The number of hydrogen-bond acceptors (Lipinski definition) is 1. The van der Waals surface area contributed by atoms with Gasteiger partial charge in [-0.1, -0.05) is 72.3 Å². The minimum atomic E-state index is -0.0475. The Bertz CT molecular complexity index is 250. The molecule has 0 aromatic carbocycles. The Morgan fingerprint density at radius 3 is 2.21 bits per heavy atom. The molecule has 2 heteroatoms. The van der Waals surface area contributed by atoms with E-state index in [9.17, 15) is 4.79 Å². The Kier molecular flexibility index (Phi) is 10.6. The maximum absolute atomic E-state index is 11.3. The third-order valence-electron chi connectivity index (χ3n) is 3.89. The summed E-state index contributed by atoms with van der Waals surface area (Å²) in [6.07, 6.45) is 12.8. The van der Waals surface area contributed by atoms with Crippen LogP contribution >= 0.6 is 0 Å². The molecule has 0 heterocycles. The molecule has 0 saturated heterocycles. The van der Waals surface area contributed by atoms with Crippen LogP contribution in [0.15, 0.2) is 12.7 Å². The molecule has 1 atom stereocenters.